The second-order valence-electron chi connectivity index (χ2n) is 6.00. The first-order valence-electron chi connectivity index (χ1n) is 8.71. The minimum atomic E-state index is -3.72. The molecule has 0 saturated heterocycles. The molecule has 1 amide bonds. The van der Waals surface area contributed by atoms with Gasteiger partial charge in [-0.05, 0) is 42.5 Å². The van der Waals surface area contributed by atoms with Crippen molar-refractivity contribution in [3.05, 3.63) is 83.3 Å². The Morgan fingerprint density at radius 3 is 2.55 bits per heavy atom. The van der Waals surface area contributed by atoms with Gasteiger partial charge in [-0.25, -0.2) is 8.42 Å². The van der Waals surface area contributed by atoms with Gasteiger partial charge in [0.05, 0.1) is 33.2 Å². The number of carbonyl (C=O) groups is 1. The Labute approximate surface area is 178 Å². The van der Waals surface area contributed by atoms with Crippen LogP contribution in [0.5, 0.6) is 0 Å². The van der Waals surface area contributed by atoms with Crippen LogP contribution < -0.4 is 10.0 Å². The van der Waals surface area contributed by atoms with Crippen molar-refractivity contribution < 1.29 is 17.6 Å². The molecule has 9 heteroatoms. The zero-order valence-electron chi connectivity index (χ0n) is 15.3. The standard InChI is InChI=1S/C20H19ClN2O4S2/c21-19-13-15(23-29(25,26)17-6-2-1-3-7-17)8-9-18(19)20(24)22-10-12-28-14-16-5-4-11-27-16/h1-9,11,13,23H,10,12,14H2,(H,22,24). The Kier molecular flexibility index (Phi) is 7.24. The number of nitrogens with one attached hydrogen (secondary N) is 2. The maximum atomic E-state index is 12.4. The first kappa shape index (κ1) is 21.3. The maximum Gasteiger partial charge on any atom is 0.261 e. The summed E-state index contributed by atoms with van der Waals surface area (Å²) in [4.78, 5) is 12.5. The summed E-state index contributed by atoms with van der Waals surface area (Å²) in [6, 6.07) is 16.2. The van der Waals surface area contributed by atoms with Gasteiger partial charge in [0.1, 0.15) is 5.76 Å². The molecule has 0 atom stereocenters. The van der Waals surface area contributed by atoms with E-state index in [1.54, 1.807) is 36.2 Å². The van der Waals surface area contributed by atoms with Gasteiger partial charge < -0.3 is 9.73 Å². The van der Waals surface area contributed by atoms with Crippen molar-refractivity contribution in [2.45, 2.75) is 10.6 Å². The minimum Gasteiger partial charge on any atom is -0.468 e. The average Bonchev–Trinajstić information content (AvgIpc) is 3.21. The monoisotopic (exact) mass is 450 g/mol. The van der Waals surface area contributed by atoms with Crippen LogP contribution in [0.25, 0.3) is 0 Å². The molecule has 0 bridgehead atoms. The van der Waals surface area contributed by atoms with E-state index in [0.717, 1.165) is 17.3 Å². The summed E-state index contributed by atoms with van der Waals surface area (Å²) in [5, 5.41) is 2.97. The number of amides is 1. The van der Waals surface area contributed by atoms with Crippen molar-refractivity contribution >= 4 is 45.0 Å². The normalized spacial score (nSPS) is 11.2. The SMILES string of the molecule is O=C(NCCSCc1ccco1)c1ccc(NS(=O)(=O)c2ccccc2)cc1Cl. The molecule has 3 rings (SSSR count). The summed E-state index contributed by atoms with van der Waals surface area (Å²) in [7, 11) is -3.72. The summed E-state index contributed by atoms with van der Waals surface area (Å²) in [5.74, 6) is 2.03. The van der Waals surface area contributed by atoms with Crippen molar-refractivity contribution in [1.29, 1.82) is 0 Å². The predicted octanol–water partition coefficient (Wildman–Crippen LogP) is 4.40. The van der Waals surface area contributed by atoms with E-state index in [0.29, 0.717) is 6.54 Å². The van der Waals surface area contributed by atoms with E-state index in [-0.39, 0.29) is 27.1 Å². The summed E-state index contributed by atoms with van der Waals surface area (Å²) in [6.45, 7) is 0.475. The maximum absolute atomic E-state index is 12.4. The number of thioether (sulfide) groups is 1. The third kappa shape index (κ3) is 6.03. The molecule has 29 heavy (non-hydrogen) atoms. The number of sulfonamides is 1. The highest BCUT2D eigenvalue weighted by Gasteiger charge is 2.16. The number of furan rings is 1. The van der Waals surface area contributed by atoms with E-state index < -0.39 is 10.0 Å². The van der Waals surface area contributed by atoms with Gasteiger partial charge in [0.2, 0.25) is 0 Å². The van der Waals surface area contributed by atoms with Gasteiger partial charge >= 0.3 is 0 Å². The van der Waals surface area contributed by atoms with Crippen LogP contribution in [0.4, 0.5) is 5.69 Å². The lowest BCUT2D eigenvalue weighted by atomic mass is 10.2. The molecular weight excluding hydrogens is 432 g/mol. The molecule has 1 aromatic heterocycles. The van der Waals surface area contributed by atoms with E-state index in [1.807, 2.05) is 12.1 Å². The molecule has 2 aromatic carbocycles. The first-order valence-corrected chi connectivity index (χ1v) is 11.7. The van der Waals surface area contributed by atoms with Crippen LogP contribution in [0.1, 0.15) is 16.1 Å². The first-order chi connectivity index (χ1) is 14.0. The molecule has 0 aliphatic heterocycles. The zero-order chi connectivity index (χ0) is 20.7. The zero-order valence-corrected chi connectivity index (χ0v) is 17.7. The molecule has 0 unspecified atom stereocenters. The Morgan fingerprint density at radius 2 is 1.86 bits per heavy atom. The average molecular weight is 451 g/mol. The highest BCUT2D eigenvalue weighted by molar-refractivity contribution is 7.98. The van der Waals surface area contributed by atoms with Crippen molar-refractivity contribution in [2.24, 2.45) is 0 Å². The predicted molar refractivity (Wildman–Crippen MR) is 116 cm³/mol. The van der Waals surface area contributed by atoms with Crippen molar-refractivity contribution in [3.63, 3.8) is 0 Å². The molecule has 6 nitrogen and oxygen atoms in total. The van der Waals surface area contributed by atoms with Crippen LogP contribution in [0.3, 0.4) is 0 Å². The quantitative estimate of drug-likeness (QED) is 0.472. The smallest absolute Gasteiger partial charge is 0.261 e. The number of halogens is 1. The molecule has 2 N–H and O–H groups in total. The molecule has 0 spiro atoms. The molecule has 0 saturated carbocycles. The van der Waals surface area contributed by atoms with E-state index in [1.165, 1.54) is 30.3 Å². The van der Waals surface area contributed by atoms with Gasteiger partial charge in [-0.3, -0.25) is 9.52 Å². The number of rotatable bonds is 9. The molecule has 3 aromatic rings. The number of anilines is 1. The Morgan fingerprint density at radius 1 is 1.07 bits per heavy atom. The van der Waals surface area contributed by atoms with Crippen LogP contribution in [0, 0.1) is 0 Å². The van der Waals surface area contributed by atoms with E-state index >= 15 is 0 Å². The number of carbonyl (C=O) groups excluding carboxylic acids is 1. The highest BCUT2D eigenvalue weighted by Crippen LogP contribution is 2.23. The number of benzene rings is 2. The highest BCUT2D eigenvalue weighted by atomic mass is 35.5. The van der Waals surface area contributed by atoms with Crippen LogP contribution in [-0.2, 0) is 15.8 Å². The molecule has 1 heterocycles. The summed E-state index contributed by atoms with van der Waals surface area (Å²) >= 11 is 7.83. The topological polar surface area (TPSA) is 88.4 Å². The van der Waals surface area contributed by atoms with Gasteiger partial charge in [-0.2, -0.15) is 11.8 Å². The Bertz CT molecular complexity index is 1060. The van der Waals surface area contributed by atoms with Gasteiger partial charge in [0.25, 0.3) is 15.9 Å². The lowest BCUT2D eigenvalue weighted by molar-refractivity contribution is 0.0956. The molecule has 0 radical (unpaired) electrons. The summed E-state index contributed by atoms with van der Waals surface area (Å²) < 4.78 is 32.5. The molecule has 0 aliphatic rings. The third-order valence-corrected chi connectivity index (χ3v) is 6.57. The van der Waals surface area contributed by atoms with Gasteiger partial charge in [-0.1, -0.05) is 29.8 Å². The largest absolute Gasteiger partial charge is 0.468 e. The van der Waals surface area contributed by atoms with Crippen LogP contribution in [0.15, 0.2) is 76.2 Å². The number of hydrogen-bond donors (Lipinski definition) is 2. The van der Waals surface area contributed by atoms with E-state index in [9.17, 15) is 13.2 Å². The van der Waals surface area contributed by atoms with Crippen molar-refractivity contribution in [3.8, 4) is 0 Å². The molecule has 0 fully saturated rings. The summed E-state index contributed by atoms with van der Waals surface area (Å²) in [5.41, 5.74) is 0.565. The lowest BCUT2D eigenvalue weighted by Gasteiger charge is -2.11. The van der Waals surface area contributed by atoms with Crippen LogP contribution >= 0.6 is 23.4 Å². The van der Waals surface area contributed by atoms with Crippen molar-refractivity contribution in [1.82, 2.24) is 5.32 Å². The fraction of sp³-hybridized carbons (Fsp3) is 0.150. The van der Waals surface area contributed by atoms with Crippen molar-refractivity contribution in [2.75, 3.05) is 17.0 Å². The molecule has 0 aliphatic carbocycles. The second kappa shape index (κ2) is 9.87. The molecule has 152 valence electrons. The molecular formula is C20H19ClN2O4S2. The van der Waals surface area contributed by atoms with E-state index in [2.05, 4.69) is 10.0 Å². The van der Waals surface area contributed by atoms with Gasteiger partial charge in [0, 0.05) is 12.3 Å². The van der Waals surface area contributed by atoms with Gasteiger partial charge in [-0.15, -0.1) is 0 Å². The van der Waals surface area contributed by atoms with E-state index in [4.69, 9.17) is 16.0 Å². The lowest BCUT2D eigenvalue weighted by Crippen LogP contribution is -2.26. The minimum absolute atomic E-state index is 0.144. The fourth-order valence-corrected chi connectivity index (χ4v) is 4.57. The second-order valence-corrected chi connectivity index (χ2v) is 9.20. The summed E-state index contributed by atoms with van der Waals surface area (Å²) in [6.07, 6.45) is 1.63. The number of hydrogen-bond acceptors (Lipinski definition) is 5. The van der Waals surface area contributed by atoms with Crippen LogP contribution in [0.2, 0.25) is 5.02 Å². The van der Waals surface area contributed by atoms with Gasteiger partial charge in [0.15, 0.2) is 0 Å². The third-order valence-electron chi connectivity index (χ3n) is 3.88. The fourth-order valence-electron chi connectivity index (χ4n) is 2.48. The Balaban J connectivity index is 1.54. The van der Waals surface area contributed by atoms with Crippen LogP contribution in [-0.4, -0.2) is 26.6 Å². The Hall–Kier alpha value is -2.42.